The van der Waals surface area contributed by atoms with Crippen molar-refractivity contribution in [3.63, 3.8) is 0 Å². The van der Waals surface area contributed by atoms with Gasteiger partial charge in [0.25, 0.3) is 5.56 Å². The first-order chi connectivity index (χ1) is 14.6. The molecule has 0 spiro atoms. The Bertz CT molecular complexity index is 843. The van der Waals surface area contributed by atoms with Crippen LogP contribution in [-0.2, 0) is 22.6 Å². The Morgan fingerprint density at radius 2 is 1.87 bits per heavy atom. The van der Waals surface area contributed by atoms with E-state index in [1.807, 2.05) is 16.7 Å². The predicted molar refractivity (Wildman–Crippen MR) is 114 cm³/mol. The molecule has 3 aliphatic rings. The zero-order valence-corrected chi connectivity index (χ0v) is 18.1. The van der Waals surface area contributed by atoms with Crippen molar-refractivity contribution < 1.29 is 9.59 Å². The van der Waals surface area contributed by atoms with Gasteiger partial charge >= 0.3 is 0 Å². The summed E-state index contributed by atoms with van der Waals surface area (Å²) < 4.78 is 0. The second-order valence-corrected chi connectivity index (χ2v) is 9.15. The highest BCUT2D eigenvalue weighted by Gasteiger charge is 2.33. The molecule has 2 fully saturated rings. The number of nitrogens with zero attached hydrogens (tertiary/aromatic N) is 3. The molecule has 7 nitrogen and oxygen atoms in total. The lowest BCUT2D eigenvalue weighted by molar-refractivity contribution is -0.134. The number of amides is 2. The van der Waals surface area contributed by atoms with Crippen molar-refractivity contribution in [2.75, 3.05) is 13.1 Å². The third kappa shape index (κ3) is 4.44. The lowest BCUT2D eigenvalue weighted by atomic mass is 9.86. The Morgan fingerprint density at radius 1 is 1.07 bits per heavy atom. The molecule has 3 heterocycles. The fraction of sp³-hybridized carbons (Fsp3) is 0.739. The topological polar surface area (TPSA) is 86.4 Å². The average molecular weight is 415 g/mol. The van der Waals surface area contributed by atoms with Crippen LogP contribution in [0.2, 0.25) is 0 Å². The highest BCUT2D eigenvalue weighted by Crippen LogP contribution is 2.31. The summed E-state index contributed by atoms with van der Waals surface area (Å²) in [4.78, 5) is 49.5. The van der Waals surface area contributed by atoms with E-state index < -0.39 is 0 Å². The molecular weight excluding hydrogens is 380 g/mol. The molecule has 1 saturated carbocycles. The van der Waals surface area contributed by atoms with Gasteiger partial charge < -0.3 is 14.8 Å². The summed E-state index contributed by atoms with van der Waals surface area (Å²) in [6.07, 6.45) is 10.4. The minimum atomic E-state index is -0.153. The van der Waals surface area contributed by atoms with Gasteiger partial charge in [-0.15, -0.1) is 0 Å². The zero-order chi connectivity index (χ0) is 21.1. The summed E-state index contributed by atoms with van der Waals surface area (Å²) in [6, 6.07) is -0.131. The molecule has 2 amide bonds. The molecule has 4 rings (SSSR count). The molecule has 1 aromatic heterocycles. The molecule has 1 aliphatic carbocycles. The van der Waals surface area contributed by atoms with Gasteiger partial charge in [0.2, 0.25) is 11.8 Å². The molecular formula is C23H34N4O3. The van der Waals surface area contributed by atoms with Crippen LogP contribution in [-0.4, -0.2) is 44.7 Å². The van der Waals surface area contributed by atoms with Crippen molar-refractivity contribution >= 4 is 11.8 Å². The quantitative estimate of drug-likeness (QED) is 0.802. The second kappa shape index (κ2) is 9.31. The molecule has 1 N–H and O–H groups in total. The number of carbonyl (C=O) groups excluding carboxylic acids is 2. The number of hydrogen-bond acceptors (Lipinski definition) is 4. The first kappa shape index (κ1) is 21.1. The molecule has 1 saturated heterocycles. The van der Waals surface area contributed by atoms with Crippen molar-refractivity contribution in [1.29, 1.82) is 0 Å². The number of nitrogens with one attached hydrogen (secondary N) is 1. The molecule has 1 atom stereocenters. The summed E-state index contributed by atoms with van der Waals surface area (Å²) in [5.74, 6) is 1.42. The molecule has 7 heteroatoms. The van der Waals surface area contributed by atoms with E-state index in [1.54, 1.807) is 0 Å². The van der Waals surface area contributed by atoms with Crippen molar-refractivity contribution in [3.8, 4) is 0 Å². The number of aromatic nitrogens is 2. The van der Waals surface area contributed by atoms with Crippen molar-refractivity contribution in [1.82, 2.24) is 19.8 Å². The van der Waals surface area contributed by atoms with Crippen LogP contribution in [0.4, 0.5) is 0 Å². The Kier molecular flexibility index (Phi) is 6.54. The molecule has 30 heavy (non-hydrogen) atoms. The van der Waals surface area contributed by atoms with E-state index in [-0.39, 0.29) is 23.4 Å². The van der Waals surface area contributed by atoms with Crippen LogP contribution in [0.5, 0.6) is 0 Å². The van der Waals surface area contributed by atoms with E-state index in [0.717, 1.165) is 44.3 Å². The van der Waals surface area contributed by atoms with Gasteiger partial charge in [-0.2, -0.15) is 0 Å². The number of aromatic amines is 1. The van der Waals surface area contributed by atoms with E-state index in [9.17, 15) is 14.4 Å². The number of fused-ring (bicyclic) bond motifs is 1. The van der Waals surface area contributed by atoms with Crippen LogP contribution in [0.3, 0.4) is 0 Å². The van der Waals surface area contributed by atoms with E-state index >= 15 is 0 Å². The van der Waals surface area contributed by atoms with E-state index in [4.69, 9.17) is 4.98 Å². The van der Waals surface area contributed by atoms with Crippen LogP contribution in [0.1, 0.15) is 94.3 Å². The van der Waals surface area contributed by atoms with Gasteiger partial charge in [-0.1, -0.05) is 26.2 Å². The van der Waals surface area contributed by atoms with Crippen molar-refractivity contribution in [2.45, 2.75) is 90.1 Å². The number of carbonyl (C=O) groups is 2. The minimum Gasteiger partial charge on any atom is -0.338 e. The van der Waals surface area contributed by atoms with Gasteiger partial charge in [-0.3, -0.25) is 14.4 Å². The SMILES string of the molecule is CCCC(=O)N1CCC[C@H]1c1nc2c(c(=O)[nH]1)CN(C(=O)CC1CCCCC1)CC2. The Labute approximate surface area is 178 Å². The summed E-state index contributed by atoms with van der Waals surface area (Å²) in [5.41, 5.74) is 1.26. The standard InChI is InChI=1S/C23H34N4O3/c1-2-7-20(28)27-12-6-10-19(27)22-24-18-11-13-26(15-17(18)23(30)25-22)21(29)14-16-8-4-3-5-9-16/h16,19H,2-15H2,1H3,(H,24,25,30)/t19-/m0/s1. The normalized spacial score (nSPS) is 22.2. The summed E-state index contributed by atoms with van der Waals surface area (Å²) in [7, 11) is 0. The monoisotopic (exact) mass is 414 g/mol. The van der Waals surface area contributed by atoms with Crippen LogP contribution in [0.15, 0.2) is 4.79 Å². The third-order valence-electron chi connectivity index (χ3n) is 6.98. The van der Waals surface area contributed by atoms with Gasteiger partial charge in [-0.05, 0) is 38.0 Å². The third-order valence-corrected chi connectivity index (χ3v) is 6.98. The van der Waals surface area contributed by atoms with Gasteiger partial charge in [-0.25, -0.2) is 4.98 Å². The predicted octanol–water partition coefficient (Wildman–Crippen LogP) is 3.09. The summed E-state index contributed by atoms with van der Waals surface area (Å²) in [5, 5.41) is 0. The Hall–Kier alpha value is -2.18. The maximum absolute atomic E-state index is 12.9. The van der Waals surface area contributed by atoms with Crippen LogP contribution in [0.25, 0.3) is 0 Å². The molecule has 0 aromatic carbocycles. The molecule has 0 unspecified atom stereocenters. The smallest absolute Gasteiger partial charge is 0.256 e. The average Bonchev–Trinajstić information content (AvgIpc) is 3.24. The molecule has 0 bridgehead atoms. The second-order valence-electron chi connectivity index (χ2n) is 9.15. The fourth-order valence-corrected chi connectivity index (χ4v) is 5.29. The molecule has 164 valence electrons. The Balaban J connectivity index is 1.46. The first-order valence-electron chi connectivity index (χ1n) is 11.8. The van der Waals surface area contributed by atoms with Gasteiger partial charge in [0.05, 0.1) is 23.8 Å². The zero-order valence-electron chi connectivity index (χ0n) is 18.1. The number of likely N-dealkylation sites (tertiary alicyclic amines) is 1. The van der Waals surface area contributed by atoms with Crippen LogP contribution in [0, 0.1) is 5.92 Å². The highest BCUT2D eigenvalue weighted by atomic mass is 16.2. The van der Waals surface area contributed by atoms with Crippen molar-refractivity contribution in [2.24, 2.45) is 5.92 Å². The summed E-state index contributed by atoms with van der Waals surface area (Å²) in [6.45, 7) is 3.71. The number of rotatable bonds is 5. The molecule has 1 aromatic rings. The van der Waals surface area contributed by atoms with Gasteiger partial charge in [0.15, 0.2) is 0 Å². The van der Waals surface area contributed by atoms with Gasteiger partial charge in [0, 0.05) is 32.4 Å². The summed E-state index contributed by atoms with van der Waals surface area (Å²) >= 11 is 0. The van der Waals surface area contributed by atoms with E-state index in [0.29, 0.717) is 49.7 Å². The number of hydrogen-bond donors (Lipinski definition) is 1. The molecule has 0 radical (unpaired) electrons. The maximum Gasteiger partial charge on any atom is 0.256 e. The maximum atomic E-state index is 12.9. The van der Waals surface area contributed by atoms with Gasteiger partial charge in [0.1, 0.15) is 5.82 Å². The van der Waals surface area contributed by atoms with Crippen molar-refractivity contribution in [3.05, 3.63) is 27.4 Å². The molecule has 2 aliphatic heterocycles. The lowest BCUT2D eigenvalue weighted by Crippen LogP contribution is -2.41. The van der Waals surface area contributed by atoms with E-state index in [1.165, 1.54) is 19.3 Å². The largest absolute Gasteiger partial charge is 0.338 e. The fourth-order valence-electron chi connectivity index (χ4n) is 5.29. The lowest BCUT2D eigenvalue weighted by Gasteiger charge is -2.31. The van der Waals surface area contributed by atoms with Crippen LogP contribution >= 0.6 is 0 Å². The Morgan fingerprint density at radius 3 is 2.63 bits per heavy atom. The minimum absolute atomic E-state index is 0.131. The van der Waals surface area contributed by atoms with Crippen LogP contribution < -0.4 is 5.56 Å². The number of H-pyrrole nitrogens is 1. The van der Waals surface area contributed by atoms with E-state index in [2.05, 4.69) is 4.98 Å². The first-order valence-corrected chi connectivity index (χ1v) is 11.8. The highest BCUT2D eigenvalue weighted by molar-refractivity contribution is 5.77.